The zero-order valence-corrected chi connectivity index (χ0v) is 16.2. The smallest absolute Gasteiger partial charge is 0.191 e. The Kier molecular flexibility index (Phi) is 6.19. The average Bonchev–Trinajstić information content (AvgIpc) is 3.09. The zero-order valence-electron chi connectivity index (χ0n) is 15.3. The number of fused-ring (bicyclic) bond motifs is 1. The minimum Gasteiger partial charge on any atom is -0.357 e. The monoisotopic (exact) mass is 404 g/mol. The van der Waals surface area contributed by atoms with E-state index in [9.17, 15) is 12.8 Å². The van der Waals surface area contributed by atoms with Gasteiger partial charge in [-0.2, -0.15) is 0 Å². The highest BCUT2D eigenvalue weighted by atomic mass is 32.2. The largest absolute Gasteiger partial charge is 0.357 e. The number of rotatable bonds is 7. The number of pyridine rings is 1. The van der Waals surface area contributed by atoms with E-state index in [1.54, 1.807) is 0 Å². The Morgan fingerprint density at radius 1 is 1.14 bits per heavy atom. The van der Waals surface area contributed by atoms with Crippen LogP contribution in [-0.2, 0) is 16.4 Å². The predicted octanol–water partition coefficient (Wildman–Crippen LogP) is 1.40. The van der Waals surface area contributed by atoms with Crippen LogP contribution in [0.15, 0.2) is 58.5 Å². The highest BCUT2D eigenvalue weighted by Crippen LogP contribution is 2.14. The molecule has 0 bridgehead atoms. The van der Waals surface area contributed by atoms with Gasteiger partial charge in [0.1, 0.15) is 17.3 Å². The van der Waals surface area contributed by atoms with Gasteiger partial charge in [-0.05, 0) is 31.2 Å². The van der Waals surface area contributed by atoms with Crippen molar-refractivity contribution in [1.82, 2.24) is 25.2 Å². The fourth-order valence-electron chi connectivity index (χ4n) is 2.60. The lowest BCUT2D eigenvalue weighted by molar-refractivity contribution is 0.566. The van der Waals surface area contributed by atoms with Gasteiger partial charge in [0.25, 0.3) is 0 Å². The molecule has 2 N–H and O–H groups in total. The maximum atomic E-state index is 13.7. The lowest BCUT2D eigenvalue weighted by atomic mass is 10.3. The number of aromatic nitrogens is 3. The minimum atomic E-state index is -3.74. The van der Waals surface area contributed by atoms with E-state index in [1.807, 2.05) is 35.7 Å². The number of benzene rings is 1. The molecule has 0 aliphatic rings. The number of nitrogens with zero attached hydrogens (tertiary/aromatic N) is 4. The third kappa shape index (κ3) is 4.63. The molecule has 28 heavy (non-hydrogen) atoms. The molecule has 148 valence electrons. The Morgan fingerprint density at radius 2 is 1.93 bits per heavy atom. The van der Waals surface area contributed by atoms with Crippen LogP contribution in [0.4, 0.5) is 4.39 Å². The van der Waals surface area contributed by atoms with Crippen molar-refractivity contribution in [3.63, 3.8) is 0 Å². The summed E-state index contributed by atoms with van der Waals surface area (Å²) >= 11 is 0. The third-order valence-corrected chi connectivity index (χ3v) is 5.68. The molecule has 0 radical (unpaired) electrons. The summed E-state index contributed by atoms with van der Waals surface area (Å²) in [4.78, 5) is 4.12. The Hall–Kier alpha value is -3.01. The summed E-state index contributed by atoms with van der Waals surface area (Å²) in [5, 5.41) is 14.2. The molecule has 3 aromatic rings. The zero-order chi connectivity index (χ0) is 20.0. The van der Waals surface area contributed by atoms with Gasteiger partial charge in [0.2, 0.25) is 0 Å². The molecule has 0 unspecified atom stereocenters. The van der Waals surface area contributed by atoms with Gasteiger partial charge in [0, 0.05) is 19.3 Å². The number of hydrogen-bond acceptors (Lipinski definition) is 5. The molecule has 1 aromatic carbocycles. The average molecular weight is 404 g/mol. The highest BCUT2D eigenvalue weighted by molar-refractivity contribution is 7.91. The van der Waals surface area contributed by atoms with E-state index in [-0.39, 0.29) is 23.7 Å². The van der Waals surface area contributed by atoms with E-state index in [1.165, 1.54) is 18.2 Å². The van der Waals surface area contributed by atoms with Crippen molar-refractivity contribution in [2.24, 2.45) is 4.99 Å². The molecule has 0 spiro atoms. The summed E-state index contributed by atoms with van der Waals surface area (Å²) in [6.45, 7) is 2.86. The van der Waals surface area contributed by atoms with Crippen molar-refractivity contribution in [1.29, 1.82) is 0 Å². The van der Waals surface area contributed by atoms with Crippen LogP contribution >= 0.6 is 0 Å². The van der Waals surface area contributed by atoms with Gasteiger partial charge < -0.3 is 10.6 Å². The van der Waals surface area contributed by atoms with Crippen LogP contribution in [0, 0.1) is 5.82 Å². The molecular weight excluding hydrogens is 383 g/mol. The van der Waals surface area contributed by atoms with Crippen LogP contribution in [0.5, 0.6) is 0 Å². The second-order valence-electron chi connectivity index (χ2n) is 5.92. The lowest BCUT2D eigenvalue weighted by Crippen LogP contribution is -2.39. The Balaban J connectivity index is 1.64. The molecular formula is C18H21FN6O2S. The molecule has 0 aliphatic heterocycles. The van der Waals surface area contributed by atoms with E-state index < -0.39 is 15.7 Å². The molecule has 0 amide bonds. The number of sulfone groups is 1. The van der Waals surface area contributed by atoms with Gasteiger partial charge in [-0.3, -0.25) is 4.40 Å². The van der Waals surface area contributed by atoms with Crippen molar-refractivity contribution < 1.29 is 12.8 Å². The summed E-state index contributed by atoms with van der Waals surface area (Å²) in [5.41, 5.74) is 0.724. The second-order valence-corrected chi connectivity index (χ2v) is 7.99. The van der Waals surface area contributed by atoms with Crippen LogP contribution in [-0.4, -0.2) is 47.8 Å². The highest BCUT2D eigenvalue weighted by Gasteiger charge is 2.18. The first-order valence-electron chi connectivity index (χ1n) is 8.79. The Morgan fingerprint density at radius 3 is 2.71 bits per heavy atom. The summed E-state index contributed by atoms with van der Waals surface area (Å²) in [5.74, 6) is 0.0964. The van der Waals surface area contributed by atoms with Crippen LogP contribution in [0.1, 0.15) is 12.7 Å². The topological polar surface area (TPSA) is 101 Å². The maximum Gasteiger partial charge on any atom is 0.191 e. The summed E-state index contributed by atoms with van der Waals surface area (Å²) in [7, 11) is -3.74. The van der Waals surface area contributed by atoms with Gasteiger partial charge in [0.05, 0.1) is 5.75 Å². The Bertz CT molecular complexity index is 1080. The molecule has 0 fully saturated rings. The van der Waals surface area contributed by atoms with E-state index in [0.29, 0.717) is 18.3 Å². The molecule has 0 aliphatic carbocycles. The van der Waals surface area contributed by atoms with Gasteiger partial charge in [0.15, 0.2) is 27.3 Å². The number of aliphatic imine (C=N–C) groups is 1. The van der Waals surface area contributed by atoms with Crippen molar-refractivity contribution in [3.05, 3.63) is 60.3 Å². The fourth-order valence-corrected chi connectivity index (χ4v) is 3.84. The molecule has 0 saturated heterocycles. The van der Waals surface area contributed by atoms with Gasteiger partial charge in [-0.25, -0.2) is 17.8 Å². The van der Waals surface area contributed by atoms with Crippen LogP contribution in [0.3, 0.4) is 0 Å². The van der Waals surface area contributed by atoms with Crippen molar-refractivity contribution in [2.45, 2.75) is 18.4 Å². The van der Waals surface area contributed by atoms with Crippen LogP contribution in [0.2, 0.25) is 0 Å². The quantitative estimate of drug-likeness (QED) is 0.456. The SMILES string of the molecule is CCNC(=NCc1nnc2ccccn12)NCCS(=O)(=O)c1ccccc1F. The Labute approximate surface area is 162 Å². The summed E-state index contributed by atoms with van der Waals surface area (Å²) in [6, 6.07) is 10.9. The van der Waals surface area contributed by atoms with E-state index in [2.05, 4.69) is 25.8 Å². The number of nitrogens with one attached hydrogen (secondary N) is 2. The first-order chi connectivity index (χ1) is 13.5. The first kappa shape index (κ1) is 19.7. The van der Waals surface area contributed by atoms with E-state index >= 15 is 0 Å². The van der Waals surface area contributed by atoms with Crippen molar-refractivity contribution >= 4 is 21.4 Å². The van der Waals surface area contributed by atoms with Gasteiger partial charge >= 0.3 is 0 Å². The lowest BCUT2D eigenvalue weighted by Gasteiger charge is -2.11. The van der Waals surface area contributed by atoms with Crippen LogP contribution in [0.25, 0.3) is 5.65 Å². The number of guanidine groups is 1. The predicted molar refractivity (Wildman–Crippen MR) is 104 cm³/mol. The molecule has 10 heteroatoms. The first-order valence-corrected chi connectivity index (χ1v) is 10.4. The standard InChI is InChI=1S/C18H21FN6O2S/c1-2-20-18(22-13-17-24-23-16-9-5-6-11-25(16)17)21-10-12-28(26,27)15-8-4-3-7-14(15)19/h3-9,11H,2,10,12-13H2,1H3,(H2,20,21,22). The molecule has 3 rings (SSSR count). The number of halogens is 1. The molecule has 2 aromatic heterocycles. The molecule has 0 atom stereocenters. The van der Waals surface area contributed by atoms with Crippen molar-refractivity contribution in [3.8, 4) is 0 Å². The summed E-state index contributed by atoms with van der Waals surface area (Å²) < 4.78 is 40.2. The van der Waals surface area contributed by atoms with Crippen molar-refractivity contribution in [2.75, 3.05) is 18.8 Å². The normalized spacial score (nSPS) is 12.3. The third-order valence-electron chi connectivity index (χ3n) is 3.94. The van der Waals surface area contributed by atoms with Gasteiger partial charge in [-0.15, -0.1) is 10.2 Å². The minimum absolute atomic E-state index is 0.0864. The number of hydrogen-bond donors (Lipinski definition) is 2. The summed E-state index contributed by atoms with van der Waals surface area (Å²) in [6.07, 6.45) is 1.85. The molecule has 0 saturated carbocycles. The van der Waals surface area contributed by atoms with E-state index in [0.717, 1.165) is 11.7 Å². The van der Waals surface area contributed by atoms with E-state index in [4.69, 9.17) is 0 Å². The molecule has 8 nitrogen and oxygen atoms in total. The second kappa shape index (κ2) is 8.79. The maximum absolute atomic E-state index is 13.7. The molecule has 2 heterocycles. The van der Waals surface area contributed by atoms with Crippen LogP contribution < -0.4 is 10.6 Å². The fraction of sp³-hybridized carbons (Fsp3) is 0.278. The van der Waals surface area contributed by atoms with Gasteiger partial charge in [-0.1, -0.05) is 18.2 Å².